The fraction of sp³-hybridized carbons (Fsp3) is 0.133. The lowest BCUT2D eigenvalue weighted by molar-refractivity contribution is 0.355. The molecule has 0 atom stereocenters. The molecule has 0 aliphatic rings. The van der Waals surface area contributed by atoms with Crippen molar-refractivity contribution in [3.05, 3.63) is 45.6 Å². The number of H-pyrrole nitrogens is 1. The van der Waals surface area contributed by atoms with Crippen LogP contribution >= 0.6 is 28.1 Å². The molecule has 21 heavy (non-hydrogen) atoms. The highest BCUT2D eigenvalue weighted by Crippen LogP contribution is 2.33. The molecule has 1 heterocycles. The van der Waals surface area contributed by atoms with Crippen LogP contribution in [0, 0.1) is 4.77 Å². The summed E-state index contributed by atoms with van der Waals surface area (Å²) in [7, 11) is 3.23. The van der Waals surface area contributed by atoms with Gasteiger partial charge in [-0.2, -0.15) is 0 Å². The lowest BCUT2D eigenvalue weighted by atomic mass is 10.2. The van der Waals surface area contributed by atoms with Gasteiger partial charge in [0.1, 0.15) is 0 Å². The Morgan fingerprint density at radius 2 is 1.81 bits per heavy atom. The molecule has 108 valence electrons. The number of rotatable bonds is 3. The van der Waals surface area contributed by atoms with Gasteiger partial charge in [0.2, 0.25) is 0 Å². The number of imidazole rings is 1. The zero-order valence-electron chi connectivity index (χ0n) is 11.5. The second kappa shape index (κ2) is 5.54. The third-order valence-electron chi connectivity index (χ3n) is 3.25. The maximum absolute atomic E-state index is 5.45. The van der Waals surface area contributed by atoms with Gasteiger partial charge in [-0.3, -0.25) is 4.57 Å². The number of halogens is 1. The number of aromatic nitrogens is 2. The van der Waals surface area contributed by atoms with E-state index in [4.69, 9.17) is 21.7 Å². The first kappa shape index (κ1) is 14.2. The van der Waals surface area contributed by atoms with E-state index >= 15 is 0 Å². The molecule has 3 aromatic rings. The van der Waals surface area contributed by atoms with Crippen LogP contribution in [0.4, 0.5) is 0 Å². The molecule has 1 N–H and O–H groups in total. The molecule has 0 bridgehead atoms. The second-order valence-corrected chi connectivity index (χ2v) is 5.77. The summed E-state index contributed by atoms with van der Waals surface area (Å²) in [5, 5.41) is 0. The minimum Gasteiger partial charge on any atom is -0.493 e. The van der Waals surface area contributed by atoms with E-state index in [9.17, 15) is 0 Å². The zero-order chi connectivity index (χ0) is 15.0. The number of fused-ring (bicyclic) bond motifs is 1. The van der Waals surface area contributed by atoms with Crippen LogP contribution in [0.1, 0.15) is 0 Å². The van der Waals surface area contributed by atoms with Crippen LogP contribution in [0.25, 0.3) is 16.7 Å². The molecule has 0 radical (unpaired) electrons. The number of nitrogens with zero attached hydrogens (tertiary/aromatic N) is 1. The number of methoxy groups -OCH3 is 2. The van der Waals surface area contributed by atoms with Crippen LogP contribution in [-0.4, -0.2) is 23.8 Å². The van der Waals surface area contributed by atoms with E-state index in [2.05, 4.69) is 20.9 Å². The molecular formula is C15H13BrN2O2S. The molecule has 1 aromatic heterocycles. The molecular weight excluding hydrogens is 352 g/mol. The van der Waals surface area contributed by atoms with E-state index < -0.39 is 0 Å². The van der Waals surface area contributed by atoms with Crippen molar-refractivity contribution in [2.75, 3.05) is 14.2 Å². The molecule has 0 saturated heterocycles. The van der Waals surface area contributed by atoms with Gasteiger partial charge in [-0.25, -0.2) is 0 Å². The van der Waals surface area contributed by atoms with E-state index in [1.54, 1.807) is 14.2 Å². The molecule has 6 heteroatoms. The van der Waals surface area contributed by atoms with Gasteiger partial charge in [-0.05, 0) is 30.4 Å². The predicted molar refractivity (Wildman–Crippen MR) is 89.3 cm³/mol. The largest absolute Gasteiger partial charge is 0.493 e. The van der Waals surface area contributed by atoms with Crippen molar-refractivity contribution in [1.82, 2.24) is 9.55 Å². The summed E-state index contributed by atoms with van der Waals surface area (Å²) in [6.45, 7) is 0. The summed E-state index contributed by atoms with van der Waals surface area (Å²) < 4.78 is 14.3. The van der Waals surface area contributed by atoms with E-state index in [-0.39, 0.29) is 0 Å². The monoisotopic (exact) mass is 364 g/mol. The average molecular weight is 365 g/mol. The Labute approximate surface area is 135 Å². The number of hydrogen-bond acceptors (Lipinski definition) is 3. The van der Waals surface area contributed by atoms with Crippen LogP contribution in [0.2, 0.25) is 0 Å². The fourth-order valence-corrected chi connectivity index (χ4v) is 3.01. The molecule has 4 nitrogen and oxygen atoms in total. The quantitative estimate of drug-likeness (QED) is 0.697. The first-order valence-electron chi connectivity index (χ1n) is 6.26. The number of ether oxygens (including phenoxy) is 2. The van der Waals surface area contributed by atoms with E-state index in [0.29, 0.717) is 16.3 Å². The SMILES string of the molecule is COc1cc2[nH]c(=S)n(-c3cccc(Br)c3)c2cc1OC. The maximum Gasteiger partial charge on any atom is 0.182 e. The van der Waals surface area contributed by atoms with E-state index in [1.807, 2.05) is 41.0 Å². The number of hydrogen-bond donors (Lipinski definition) is 1. The highest BCUT2D eigenvalue weighted by Gasteiger charge is 2.12. The number of benzene rings is 2. The van der Waals surface area contributed by atoms with Gasteiger partial charge in [0.05, 0.1) is 25.3 Å². The van der Waals surface area contributed by atoms with Crippen LogP contribution in [0.15, 0.2) is 40.9 Å². The fourth-order valence-electron chi connectivity index (χ4n) is 2.31. The first-order valence-corrected chi connectivity index (χ1v) is 7.47. The summed E-state index contributed by atoms with van der Waals surface area (Å²) in [4.78, 5) is 3.20. The smallest absolute Gasteiger partial charge is 0.182 e. The molecule has 2 aromatic carbocycles. The molecule has 0 amide bonds. The predicted octanol–water partition coefficient (Wildman–Crippen LogP) is 4.47. The van der Waals surface area contributed by atoms with Crippen LogP contribution in [0.3, 0.4) is 0 Å². The Balaban J connectivity index is 2.33. The van der Waals surface area contributed by atoms with Gasteiger partial charge in [-0.1, -0.05) is 22.0 Å². The second-order valence-electron chi connectivity index (χ2n) is 4.47. The highest BCUT2D eigenvalue weighted by molar-refractivity contribution is 9.10. The van der Waals surface area contributed by atoms with E-state index in [0.717, 1.165) is 21.2 Å². The summed E-state index contributed by atoms with van der Waals surface area (Å²) in [6.07, 6.45) is 0. The zero-order valence-corrected chi connectivity index (χ0v) is 13.9. The highest BCUT2D eigenvalue weighted by atomic mass is 79.9. The molecule has 0 unspecified atom stereocenters. The molecule has 0 fully saturated rings. The summed E-state index contributed by atoms with van der Waals surface area (Å²) in [5.41, 5.74) is 2.82. The van der Waals surface area contributed by atoms with Gasteiger partial charge >= 0.3 is 0 Å². The van der Waals surface area contributed by atoms with Gasteiger partial charge in [0.15, 0.2) is 16.3 Å². The Morgan fingerprint density at radius 3 is 2.48 bits per heavy atom. The van der Waals surface area contributed by atoms with Crippen molar-refractivity contribution in [2.45, 2.75) is 0 Å². The molecule has 0 spiro atoms. The van der Waals surface area contributed by atoms with E-state index in [1.165, 1.54) is 0 Å². The van der Waals surface area contributed by atoms with Gasteiger partial charge in [-0.15, -0.1) is 0 Å². The minimum absolute atomic E-state index is 0.624. The Kier molecular flexibility index (Phi) is 3.73. The van der Waals surface area contributed by atoms with Crippen LogP contribution in [0.5, 0.6) is 11.5 Å². The molecule has 0 saturated carbocycles. The maximum atomic E-state index is 5.45. The van der Waals surface area contributed by atoms with Gasteiger partial charge in [0.25, 0.3) is 0 Å². The Bertz CT molecular complexity index is 870. The topological polar surface area (TPSA) is 39.2 Å². The molecule has 3 rings (SSSR count). The normalized spacial score (nSPS) is 10.8. The lowest BCUT2D eigenvalue weighted by Gasteiger charge is -2.09. The standard InChI is InChI=1S/C15H13BrN2O2S/c1-19-13-7-11-12(8-14(13)20-2)18(15(21)17-11)10-5-3-4-9(16)6-10/h3-8H,1-2H3,(H,17,21). The minimum atomic E-state index is 0.624. The van der Waals surface area contributed by atoms with Gasteiger partial charge in [0, 0.05) is 22.3 Å². The summed E-state index contributed by atoms with van der Waals surface area (Å²) in [5.74, 6) is 1.34. The van der Waals surface area contributed by atoms with Crippen molar-refractivity contribution in [3.8, 4) is 17.2 Å². The van der Waals surface area contributed by atoms with Crippen LogP contribution in [-0.2, 0) is 0 Å². The number of nitrogens with one attached hydrogen (secondary N) is 1. The third kappa shape index (κ3) is 2.45. The Hall–Kier alpha value is -1.79. The van der Waals surface area contributed by atoms with Crippen molar-refractivity contribution >= 4 is 39.2 Å². The van der Waals surface area contributed by atoms with Gasteiger partial charge < -0.3 is 14.5 Å². The van der Waals surface area contributed by atoms with Crippen molar-refractivity contribution < 1.29 is 9.47 Å². The molecule has 0 aliphatic heterocycles. The lowest BCUT2D eigenvalue weighted by Crippen LogP contribution is -1.95. The Morgan fingerprint density at radius 1 is 1.10 bits per heavy atom. The average Bonchev–Trinajstić information content (AvgIpc) is 2.80. The van der Waals surface area contributed by atoms with Crippen molar-refractivity contribution in [2.24, 2.45) is 0 Å². The van der Waals surface area contributed by atoms with Crippen LogP contribution < -0.4 is 9.47 Å². The first-order chi connectivity index (χ1) is 10.1. The van der Waals surface area contributed by atoms with Crippen molar-refractivity contribution in [3.63, 3.8) is 0 Å². The molecule has 0 aliphatic carbocycles. The number of aromatic amines is 1. The van der Waals surface area contributed by atoms with Crippen molar-refractivity contribution in [1.29, 1.82) is 0 Å². The summed E-state index contributed by atoms with van der Waals surface area (Å²) >= 11 is 8.93. The third-order valence-corrected chi connectivity index (χ3v) is 4.03. The summed E-state index contributed by atoms with van der Waals surface area (Å²) in [6, 6.07) is 11.8.